The van der Waals surface area contributed by atoms with Crippen molar-refractivity contribution in [3.8, 4) is 0 Å². The minimum atomic E-state index is -0.651. The lowest BCUT2D eigenvalue weighted by Crippen LogP contribution is -2.41. The van der Waals surface area contributed by atoms with Crippen LogP contribution in [0.2, 0.25) is 0 Å². The Morgan fingerprint density at radius 2 is 1.98 bits per heavy atom. The van der Waals surface area contributed by atoms with Crippen molar-refractivity contribution in [1.29, 1.82) is 0 Å². The molecule has 0 bridgehead atoms. The van der Waals surface area contributed by atoms with E-state index < -0.39 is 11.6 Å². The van der Waals surface area contributed by atoms with E-state index in [2.05, 4.69) is 49.9 Å². The number of carbonyl (C=O) groups is 1. The van der Waals surface area contributed by atoms with Gasteiger partial charge in [-0.05, 0) is 76.6 Å². The average molecular weight is 559 g/mol. The highest BCUT2D eigenvalue weighted by Crippen LogP contribution is 2.33. The van der Waals surface area contributed by atoms with Crippen LogP contribution in [0.5, 0.6) is 0 Å². The number of esters is 1. The van der Waals surface area contributed by atoms with Crippen LogP contribution < -0.4 is 20.9 Å². The number of anilines is 4. The van der Waals surface area contributed by atoms with E-state index in [4.69, 9.17) is 14.7 Å². The van der Waals surface area contributed by atoms with Crippen LogP contribution >= 0.6 is 0 Å². The number of aromatic nitrogens is 4. The summed E-state index contributed by atoms with van der Waals surface area (Å²) < 4.78 is 5.69. The van der Waals surface area contributed by atoms with E-state index >= 15 is 0 Å². The average Bonchev–Trinajstić information content (AvgIpc) is 2.98. The third-order valence-corrected chi connectivity index (χ3v) is 7.56. The van der Waals surface area contributed by atoms with Crippen LogP contribution in [0.25, 0.3) is 0 Å². The normalized spacial score (nSPS) is 16.3. The molecule has 0 aromatic carbocycles. The number of aryl methyl sites for hydroxylation is 1. The number of carbonyl (C=O) groups excluding carboxylic acids is 1. The number of rotatable bonds is 9. The van der Waals surface area contributed by atoms with E-state index in [0.29, 0.717) is 11.7 Å². The molecule has 0 aliphatic carbocycles. The van der Waals surface area contributed by atoms with Crippen molar-refractivity contribution in [2.45, 2.75) is 77.4 Å². The fraction of sp³-hybridized carbons (Fsp3) is 0.516. The Kier molecular flexibility index (Phi) is 8.85. The molecule has 3 N–H and O–H groups in total. The van der Waals surface area contributed by atoms with Gasteiger partial charge in [0.05, 0.1) is 0 Å². The zero-order chi connectivity index (χ0) is 28.8. The molecule has 218 valence electrons. The van der Waals surface area contributed by atoms with Crippen molar-refractivity contribution in [3.63, 3.8) is 0 Å². The number of nitrogens with one attached hydrogen (secondary N) is 3. The van der Waals surface area contributed by atoms with Crippen molar-refractivity contribution in [3.05, 3.63) is 59.7 Å². The molecule has 10 heteroatoms. The molecular formula is C31H42N8O2. The minimum absolute atomic E-state index is 0.287. The highest BCUT2D eigenvalue weighted by Gasteiger charge is 2.28. The van der Waals surface area contributed by atoms with Gasteiger partial charge in [-0.1, -0.05) is 19.1 Å². The fourth-order valence-electron chi connectivity index (χ4n) is 5.50. The first-order valence-electron chi connectivity index (χ1n) is 14.8. The zero-order valence-corrected chi connectivity index (χ0v) is 24.6. The van der Waals surface area contributed by atoms with Crippen molar-refractivity contribution >= 4 is 29.2 Å². The van der Waals surface area contributed by atoms with Gasteiger partial charge in [0.25, 0.3) is 0 Å². The molecule has 41 heavy (non-hydrogen) atoms. The Morgan fingerprint density at radius 3 is 2.71 bits per heavy atom. The minimum Gasteiger partial charge on any atom is -0.458 e. The van der Waals surface area contributed by atoms with Crippen molar-refractivity contribution < 1.29 is 9.53 Å². The van der Waals surface area contributed by atoms with E-state index in [9.17, 15) is 4.79 Å². The molecule has 0 saturated carbocycles. The number of hydrogen-bond acceptors (Lipinski definition) is 10. The Balaban J connectivity index is 1.26. The Morgan fingerprint density at radius 1 is 1.15 bits per heavy atom. The van der Waals surface area contributed by atoms with Gasteiger partial charge in [-0.25, -0.2) is 24.7 Å². The van der Waals surface area contributed by atoms with Crippen LogP contribution in [0.4, 0.5) is 23.3 Å². The van der Waals surface area contributed by atoms with E-state index in [0.717, 1.165) is 68.3 Å². The molecule has 5 heterocycles. The van der Waals surface area contributed by atoms with Gasteiger partial charge in [-0.3, -0.25) is 0 Å². The topological polar surface area (TPSA) is 117 Å². The molecule has 3 aromatic rings. The number of nitrogens with zero attached hydrogens (tertiary/aromatic N) is 5. The molecule has 1 saturated heterocycles. The van der Waals surface area contributed by atoms with E-state index in [-0.39, 0.29) is 12.5 Å². The lowest BCUT2D eigenvalue weighted by molar-refractivity contribution is -0.155. The Bertz CT molecular complexity index is 1320. The predicted molar refractivity (Wildman–Crippen MR) is 163 cm³/mol. The number of ether oxygens (including phenoxy) is 1. The Labute approximate surface area is 242 Å². The smallest absolute Gasteiger partial charge is 0.330 e. The van der Waals surface area contributed by atoms with E-state index in [1.165, 1.54) is 17.7 Å². The van der Waals surface area contributed by atoms with Crippen molar-refractivity contribution in [2.75, 3.05) is 47.0 Å². The summed E-state index contributed by atoms with van der Waals surface area (Å²) in [4.78, 5) is 34.0. The lowest BCUT2D eigenvalue weighted by Gasteiger charge is -2.34. The summed E-state index contributed by atoms with van der Waals surface area (Å²) in [5.41, 5.74) is 2.96. The first-order valence-corrected chi connectivity index (χ1v) is 14.8. The van der Waals surface area contributed by atoms with Gasteiger partial charge < -0.3 is 25.6 Å². The second-order valence-corrected chi connectivity index (χ2v) is 11.7. The van der Waals surface area contributed by atoms with Crippen LogP contribution in [0.1, 0.15) is 69.7 Å². The maximum atomic E-state index is 13.1. The van der Waals surface area contributed by atoms with Crippen LogP contribution in [-0.4, -0.2) is 63.7 Å². The van der Waals surface area contributed by atoms with Crippen molar-refractivity contribution in [2.24, 2.45) is 0 Å². The highest BCUT2D eigenvalue weighted by molar-refractivity contribution is 5.80. The second-order valence-electron chi connectivity index (χ2n) is 11.7. The number of pyridine rings is 2. The monoisotopic (exact) mass is 558 g/mol. The molecule has 1 fully saturated rings. The van der Waals surface area contributed by atoms with Crippen molar-refractivity contribution in [1.82, 2.24) is 19.9 Å². The summed E-state index contributed by atoms with van der Waals surface area (Å²) in [6.45, 7) is 10.8. The number of hydrogen-bond donors (Lipinski definition) is 3. The summed E-state index contributed by atoms with van der Waals surface area (Å²) in [5, 5.41) is 10.1. The van der Waals surface area contributed by atoms with Gasteiger partial charge in [0.15, 0.2) is 0 Å². The Hall–Kier alpha value is -3.95. The van der Waals surface area contributed by atoms with Crippen LogP contribution in [0.15, 0.2) is 42.9 Å². The van der Waals surface area contributed by atoms with Crippen LogP contribution in [0, 0.1) is 0 Å². The van der Waals surface area contributed by atoms with Gasteiger partial charge in [-0.15, -0.1) is 0 Å². The van der Waals surface area contributed by atoms with Gasteiger partial charge >= 0.3 is 5.97 Å². The molecule has 3 aromatic heterocycles. The first-order chi connectivity index (χ1) is 19.8. The third kappa shape index (κ3) is 7.23. The summed E-state index contributed by atoms with van der Waals surface area (Å²) >= 11 is 0. The number of fused-ring (bicyclic) bond motifs is 1. The first kappa shape index (κ1) is 28.6. The summed E-state index contributed by atoms with van der Waals surface area (Å²) in [6, 6.07) is 9.37. The van der Waals surface area contributed by atoms with E-state index in [1.807, 2.05) is 39.0 Å². The molecule has 10 nitrogen and oxygen atoms in total. The molecule has 1 unspecified atom stereocenters. The maximum absolute atomic E-state index is 13.1. The summed E-state index contributed by atoms with van der Waals surface area (Å²) in [7, 11) is 0. The molecule has 1 atom stereocenters. The van der Waals surface area contributed by atoms with Gasteiger partial charge in [0.1, 0.15) is 41.2 Å². The fourth-order valence-corrected chi connectivity index (χ4v) is 5.50. The summed E-state index contributed by atoms with van der Waals surface area (Å²) in [6.07, 6.45) is 8.39. The quantitative estimate of drug-likeness (QED) is 0.316. The van der Waals surface area contributed by atoms with Gasteiger partial charge in [-0.2, -0.15) is 0 Å². The molecular weight excluding hydrogens is 516 g/mol. The molecule has 0 spiro atoms. The lowest BCUT2D eigenvalue weighted by atomic mass is 9.92. The van der Waals surface area contributed by atoms with Gasteiger partial charge in [0.2, 0.25) is 0 Å². The largest absolute Gasteiger partial charge is 0.458 e. The SMILES string of the molecule is CCc1c(NCC(Nc2ccccn2)C(=O)OC(C)(C)C)ncnc1N1CCC(c2ccc3c(n2)NCCC3)CC1. The second kappa shape index (κ2) is 12.7. The maximum Gasteiger partial charge on any atom is 0.330 e. The summed E-state index contributed by atoms with van der Waals surface area (Å²) in [5.74, 6) is 3.45. The third-order valence-electron chi connectivity index (χ3n) is 7.56. The molecule has 0 amide bonds. The number of piperidine rings is 1. The van der Waals surface area contributed by atoms with Crippen LogP contribution in [-0.2, 0) is 22.4 Å². The molecule has 0 radical (unpaired) electrons. The van der Waals surface area contributed by atoms with E-state index in [1.54, 1.807) is 12.5 Å². The molecule has 2 aliphatic heterocycles. The van der Waals surface area contributed by atoms with Gasteiger partial charge in [0, 0.05) is 49.6 Å². The standard InChI is InChI=1S/C31H42N8O2/c1-5-23-28(34-19-25(30(40)41-31(2,3)4)37-26-10-6-7-15-32-26)35-20-36-29(23)39-17-13-21(14-18-39)24-12-11-22-9-8-16-33-27(22)38-24/h6-7,10-12,15,20-21,25H,5,8-9,13-14,16-19H2,1-4H3,(H,32,37)(H,33,38)(H,34,35,36). The molecule has 2 aliphatic rings. The molecule has 5 rings (SSSR count). The zero-order valence-electron chi connectivity index (χ0n) is 24.6. The highest BCUT2D eigenvalue weighted by atomic mass is 16.6. The van der Waals surface area contributed by atoms with Crippen LogP contribution in [0.3, 0.4) is 0 Å². The predicted octanol–water partition coefficient (Wildman–Crippen LogP) is 4.81.